The molecule has 0 atom stereocenters. The summed E-state index contributed by atoms with van der Waals surface area (Å²) >= 11 is 0. The van der Waals surface area contributed by atoms with Crippen LogP contribution in [-0.2, 0) is 30.0 Å². The molecule has 2 N–H and O–H groups in total. The van der Waals surface area contributed by atoms with Crippen molar-refractivity contribution in [2.24, 2.45) is 12.2 Å². The maximum atomic E-state index is 11.4. The van der Waals surface area contributed by atoms with Crippen LogP contribution in [0.15, 0.2) is 23.5 Å². The fraction of sp³-hybridized carbons (Fsp3) is 0.500. The van der Waals surface area contributed by atoms with E-state index in [0.717, 1.165) is 17.9 Å². The van der Waals surface area contributed by atoms with Crippen LogP contribution in [0.4, 0.5) is 0 Å². The van der Waals surface area contributed by atoms with Gasteiger partial charge < -0.3 is 4.57 Å². The Hall–Kier alpha value is -1.67. The second-order valence-electron chi connectivity index (χ2n) is 5.03. The molecule has 0 saturated carbocycles. The lowest BCUT2D eigenvalue weighted by atomic mass is 10.2. The predicted molar refractivity (Wildman–Crippen MR) is 74.6 cm³/mol. The highest BCUT2D eigenvalue weighted by atomic mass is 32.2. The summed E-state index contributed by atoms with van der Waals surface area (Å²) in [7, 11) is -1.89. The van der Waals surface area contributed by atoms with Crippen molar-refractivity contribution in [3.63, 3.8) is 0 Å². The summed E-state index contributed by atoms with van der Waals surface area (Å²) in [5.74, 6) is 0.841. The third-order valence-electron chi connectivity index (χ3n) is 3.12. The van der Waals surface area contributed by atoms with E-state index in [-0.39, 0.29) is 10.9 Å². The first-order chi connectivity index (χ1) is 9.29. The van der Waals surface area contributed by atoms with Crippen molar-refractivity contribution in [1.29, 1.82) is 0 Å². The van der Waals surface area contributed by atoms with Crippen LogP contribution in [-0.4, -0.2) is 27.7 Å². The van der Waals surface area contributed by atoms with Gasteiger partial charge in [0.2, 0.25) is 0 Å². The van der Waals surface area contributed by atoms with Crippen LogP contribution in [0.3, 0.4) is 0 Å². The number of nitrogens with two attached hydrogens (primary N) is 1. The van der Waals surface area contributed by atoms with Crippen LogP contribution in [0.1, 0.15) is 31.3 Å². The molecule has 0 aliphatic carbocycles. The number of hydrogen-bond acceptors (Lipinski definition) is 4. The quantitative estimate of drug-likeness (QED) is 0.875. The second kappa shape index (κ2) is 5.37. The van der Waals surface area contributed by atoms with Crippen molar-refractivity contribution < 1.29 is 8.42 Å². The maximum Gasteiger partial charge on any atom is 0.257 e. The molecule has 0 radical (unpaired) electrons. The number of hydrogen-bond donors (Lipinski definition) is 1. The molecule has 2 heterocycles. The van der Waals surface area contributed by atoms with Gasteiger partial charge in [0.25, 0.3) is 10.0 Å². The van der Waals surface area contributed by atoms with Gasteiger partial charge in [0.15, 0.2) is 5.03 Å². The molecule has 20 heavy (non-hydrogen) atoms. The average molecular weight is 297 g/mol. The first-order valence-corrected chi connectivity index (χ1v) is 7.90. The molecule has 0 aliphatic rings. The number of aromatic nitrogens is 4. The van der Waals surface area contributed by atoms with Gasteiger partial charge in [0.1, 0.15) is 5.82 Å². The molecule has 0 fully saturated rings. The van der Waals surface area contributed by atoms with Crippen molar-refractivity contribution in [2.45, 2.75) is 37.8 Å². The summed E-state index contributed by atoms with van der Waals surface area (Å²) in [6.45, 7) is 4.57. The number of rotatable bonds is 5. The lowest BCUT2D eigenvalue weighted by Crippen LogP contribution is -2.12. The predicted octanol–water partition coefficient (Wildman–Crippen LogP) is 0.630. The fourth-order valence-corrected chi connectivity index (χ4v) is 2.56. The molecule has 0 aromatic carbocycles. The van der Waals surface area contributed by atoms with Crippen molar-refractivity contribution in [3.8, 4) is 0 Å². The van der Waals surface area contributed by atoms with Crippen LogP contribution >= 0.6 is 0 Å². The topological polar surface area (TPSA) is 95.8 Å². The van der Waals surface area contributed by atoms with Crippen LogP contribution in [0, 0.1) is 0 Å². The van der Waals surface area contributed by atoms with E-state index in [1.165, 1.54) is 6.20 Å². The molecule has 8 heteroatoms. The zero-order valence-electron chi connectivity index (χ0n) is 11.8. The van der Waals surface area contributed by atoms with Crippen molar-refractivity contribution in [2.75, 3.05) is 0 Å². The maximum absolute atomic E-state index is 11.4. The Kier molecular flexibility index (Phi) is 3.96. The van der Waals surface area contributed by atoms with Gasteiger partial charge in [-0.15, -0.1) is 0 Å². The molecule has 0 aliphatic heterocycles. The Bertz CT molecular complexity index is 699. The molecule has 0 amide bonds. The van der Waals surface area contributed by atoms with Crippen molar-refractivity contribution in [1.82, 2.24) is 19.3 Å². The number of nitrogens with zero attached hydrogens (tertiary/aromatic N) is 4. The Labute approximate surface area is 118 Å². The van der Waals surface area contributed by atoms with Gasteiger partial charge in [0.05, 0.1) is 0 Å². The number of imidazole rings is 1. The molecule has 2 aromatic heterocycles. The summed E-state index contributed by atoms with van der Waals surface area (Å²) in [4.78, 5) is 4.13. The average Bonchev–Trinajstić information content (AvgIpc) is 2.91. The van der Waals surface area contributed by atoms with Crippen molar-refractivity contribution in [3.05, 3.63) is 30.0 Å². The Morgan fingerprint density at radius 3 is 2.60 bits per heavy atom. The van der Waals surface area contributed by atoms with E-state index < -0.39 is 10.0 Å². The van der Waals surface area contributed by atoms with E-state index in [9.17, 15) is 8.42 Å². The number of aryl methyl sites for hydroxylation is 3. The summed E-state index contributed by atoms with van der Waals surface area (Å²) < 4.78 is 26.4. The number of primary sulfonamides is 1. The molecule has 0 bridgehead atoms. The molecule has 0 saturated heterocycles. The molecule has 0 spiro atoms. The largest absolute Gasteiger partial charge is 0.333 e. The highest BCUT2D eigenvalue weighted by molar-refractivity contribution is 7.89. The van der Waals surface area contributed by atoms with Gasteiger partial charge in [0, 0.05) is 44.0 Å². The minimum absolute atomic E-state index is 0.0776. The Morgan fingerprint density at radius 1 is 1.40 bits per heavy atom. The zero-order chi connectivity index (χ0) is 14.9. The normalized spacial score (nSPS) is 12.2. The van der Waals surface area contributed by atoms with Gasteiger partial charge >= 0.3 is 0 Å². The molecule has 7 nitrogen and oxygen atoms in total. The van der Waals surface area contributed by atoms with Crippen molar-refractivity contribution >= 4 is 10.0 Å². The van der Waals surface area contributed by atoms with E-state index in [4.69, 9.17) is 5.14 Å². The molecular formula is C12H19N5O2S. The Balaban J connectivity index is 2.26. The second-order valence-corrected chi connectivity index (χ2v) is 6.53. The van der Waals surface area contributed by atoms with E-state index in [2.05, 4.69) is 10.1 Å². The highest BCUT2D eigenvalue weighted by Crippen LogP contribution is 2.17. The van der Waals surface area contributed by atoms with E-state index in [1.807, 2.05) is 31.5 Å². The minimum atomic E-state index is -3.77. The third-order valence-corrected chi connectivity index (χ3v) is 3.90. The first kappa shape index (κ1) is 14.7. The highest BCUT2D eigenvalue weighted by Gasteiger charge is 2.18. The molecule has 2 rings (SSSR count). The standard InChI is InChI=1S/C12H19N5O2S/c1-9(2)12-15-11(20(13,18)19)8-17(12)7-5-10-4-6-14-16(10)3/h4,6,8-9H,5,7H2,1-3H3,(H2,13,18,19). The van der Waals surface area contributed by atoms with E-state index >= 15 is 0 Å². The SMILES string of the molecule is CC(C)c1nc(S(N)(=O)=O)cn1CCc1ccnn1C. The van der Waals surface area contributed by atoms with Gasteiger partial charge in [-0.05, 0) is 6.07 Å². The van der Waals surface area contributed by atoms with Crippen LogP contribution < -0.4 is 5.14 Å². The van der Waals surface area contributed by atoms with Crippen LogP contribution in [0.25, 0.3) is 0 Å². The number of sulfonamides is 1. The molecule has 0 unspecified atom stereocenters. The summed E-state index contributed by atoms with van der Waals surface area (Å²) in [5, 5.41) is 9.17. The fourth-order valence-electron chi connectivity index (χ4n) is 2.06. The summed E-state index contributed by atoms with van der Waals surface area (Å²) in [6, 6.07) is 1.94. The smallest absolute Gasteiger partial charge is 0.257 e. The van der Waals surface area contributed by atoms with E-state index in [0.29, 0.717) is 6.54 Å². The zero-order valence-corrected chi connectivity index (χ0v) is 12.6. The van der Waals surface area contributed by atoms with Crippen LogP contribution in [0.5, 0.6) is 0 Å². The van der Waals surface area contributed by atoms with Crippen LogP contribution in [0.2, 0.25) is 0 Å². The third kappa shape index (κ3) is 3.07. The molecule has 2 aromatic rings. The van der Waals surface area contributed by atoms with Gasteiger partial charge in [-0.1, -0.05) is 13.8 Å². The first-order valence-electron chi connectivity index (χ1n) is 6.36. The van der Waals surface area contributed by atoms with Gasteiger partial charge in [-0.2, -0.15) is 5.10 Å². The lowest BCUT2D eigenvalue weighted by Gasteiger charge is -2.09. The summed E-state index contributed by atoms with van der Waals surface area (Å²) in [6.07, 6.45) is 3.99. The summed E-state index contributed by atoms with van der Waals surface area (Å²) in [5.41, 5.74) is 1.07. The monoisotopic (exact) mass is 297 g/mol. The Morgan fingerprint density at radius 2 is 2.10 bits per heavy atom. The minimum Gasteiger partial charge on any atom is -0.333 e. The van der Waals surface area contributed by atoms with Gasteiger partial charge in [-0.25, -0.2) is 18.5 Å². The van der Waals surface area contributed by atoms with E-state index in [1.54, 1.807) is 10.9 Å². The molecular weight excluding hydrogens is 278 g/mol. The molecule has 110 valence electrons. The van der Waals surface area contributed by atoms with Gasteiger partial charge in [-0.3, -0.25) is 4.68 Å². The lowest BCUT2D eigenvalue weighted by molar-refractivity contribution is 0.593.